The predicted octanol–water partition coefficient (Wildman–Crippen LogP) is 1.17. The molecule has 9 nitrogen and oxygen atoms in total. The minimum atomic E-state index is -1.15. The van der Waals surface area contributed by atoms with Crippen LogP contribution in [-0.2, 0) is 4.79 Å². The summed E-state index contributed by atoms with van der Waals surface area (Å²) in [6, 6.07) is 3.45. The number of nitrogens with zero attached hydrogens (tertiary/aromatic N) is 3. The monoisotopic (exact) mass is 406 g/mol. The number of aromatic nitrogens is 3. The minimum absolute atomic E-state index is 0.0103. The molecule has 1 atom stereocenters. The SMILES string of the molecule is O=C1NC(=O)C(CNC(=O)c2cnn(-c3ccc(Cl)c(F)c3)n2)(C2CCC2)N1. The number of imide groups is 1. The summed E-state index contributed by atoms with van der Waals surface area (Å²) in [5, 5.41) is 15.5. The molecule has 28 heavy (non-hydrogen) atoms. The topological polar surface area (TPSA) is 118 Å². The molecule has 0 spiro atoms. The molecule has 1 aliphatic carbocycles. The van der Waals surface area contributed by atoms with Crippen molar-refractivity contribution >= 4 is 29.4 Å². The lowest BCUT2D eigenvalue weighted by molar-refractivity contribution is -0.126. The van der Waals surface area contributed by atoms with Crippen LogP contribution in [0.15, 0.2) is 24.4 Å². The van der Waals surface area contributed by atoms with Gasteiger partial charge in [-0.3, -0.25) is 14.9 Å². The molecule has 1 aromatic heterocycles. The lowest BCUT2D eigenvalue weighted by atomic mass is 9.70. The Balaban J connectivity index is 1.48. The van der Waals surface area contributed by atoms with Gasteiger partial charge in [-0.05, 0) is 30.9 Å². The van der Waals surface area contributed by atoms with Crippen LogP contribution in [0, 0.1) is 11.7 Å². The molecule has 4 rings (SSSR count). The number of halogens is 2. The number of carbonyl (C=O) groups excluding carboxylic acids is 3. The third kappa shape index (κ3) is 3.09. The maximum atomic E-state index is 13.6. The highest BCUT2D eigenvalue weighted by Crippen LogP contribution is 2.37. The number of amides is 4. The number of benzene rings is 1. The van der Waals surface area contributed by atoms with E-state index in [4.69, 9.17) is 11.6 Å². The first-order valence-corrected chi connectivity index (χ1v) is 9.06. The molecule has 2 aromatic rings. The van der Waals surface area contributed by atoms with Crippen LogP contribution in [0.4, 0.5) is 9.18 Å². The van der Waals surface area contributed by atoms with Crippen molar-refractivity contribution in [3.8, 4) is 5.69 Å². The summed E-state index contributed by atoms with van der Waals surface area (Å²) in [5.41, 5.74) is -0.863. The third-order valence-electron chi connectivity index (χ3n) is 5.16. The van der Waals surface area contributed by atoms with Crippen molar-refractivity contribution in [1.29, 1.82) is 0 Å². The molecule has 2 heterocycles. The molecule has 2 fully saturated rings. The van der Waals surface area contributed by atoms with E-state index in [0.717, 1.165) is 30.1 Å². The highest BCUT2D eigenvalue weighted by Gasteiger charge is 2.53. The van der Waals surface area contributed by atoms with Crippen molar-refractivity contribution in [1.82, 2.24) is 30.9 Å². The molecule has 0 bridgehead atoms. The molecule has 1 saturated carbocycles. The minimum Gasteiger partial charge on any atom is -0.348 e. The predicted molar refractivity (Wildman–Crippen MR) is 95.4 cm³/mol. The summed E-state index contributed by atoms with van der Waals surface area (Å²) in [5.74, 6) is -1.67. The van der Waals surface area contributed by atoms with Gasteiger partial charge < -0.3 is 10.6 Å². The van der Waals surface area contributed by atoms with Crippen LogP contribution in [0.2, 0.25) is 5.02 Å². The van der Waals surface area contributed by atoms with Crippen molar-refractivity contribution < 1.29 is 18.8 Å². The van der Waals surface area contributed by atoms with E-state index < -0.39 is 29.2 Å². The summed E-state index contributed by atoms with van der Waals surface area (Å²) in [7, 11) is 0. The zero-order valence-electron chi connectivity index (χ0n) is 14.5. The van der Waals surface area contributed by atoms with Gasteiger partial charge in [0.05, 0.1) is 23.5 Å². The van der Waals surface area contributed by atoms with Gasteiger partial charge in [0.2, 0.25) is 0 Å². The van der Waals surface area contributed by atoms with Gasteiger partial charge in [-0.25, -0.2) is 9.18 Å². The van der Waals surface area contributed by atoms with Crippen LogP contribution in [0.3, 0.4) is 0 Å². The van der Waals surface area contributed by atoms with Crippen LogP contribution >= 0.6 is 11.6 Å². The number of rotatable bonds is 5. The maximum absolute atomic E-state index is 13.6. The average Bonchev–Trinajstić information content (AvgIpc) is 3.19. The van der Waals surface area contributed by atoms with Gasteiger partial charge in [0.15, 0.2) is 5.69 Å². The Hall–Kier alpha value is -3.01. The number of carbonyl (C=O) groups is 3. The maximum Gasteiger partial charge on any atom is 0.322 e. The Kier molecular flexibility index (Phi) is 4.50. The highest BCUT2D eigenvalue weighted by atomic mass is 35.5. The fraction of sp³-hybridized carbons (Fsp3) is 0.353. The second-order valence-electron chi connectivity index (χ2n) is 6.81. The molecule has 1 aromatic carbocycles. The Morgan fingerprint density at radius 1 is 1.39 bits per heavy atom. The number of hydrogen-bond donors (Lipinski definition) is 3. The van der Waals surface area contributed by atoms with Crippen LogP contribution in [0.25, 0.3) is 5.69 Å². The third-order valence-corrected chi connectivity index (χ3v) is 5.46. The van der Waals surface area contributed by atoms with Crippen molar-refractivity contribution in [2.24, 2.45) is 5.92 Å². The van der Waals surface area contributed by atoms with Crippen molar-refractivity contribution in [3.63, 3.8) is 0 Å². The molecule has 1 unspecified atom stereocenters. The van der Waals surface area contributed by atoms with E-state index in [9.17, 15) is 18.8 Å². The number of hydrogen-bond acceptors (Lipinski definition) is 5. The average molecular weight is 407 g/mol. The summed E-state index contributed by atoms with van der Waals surface area (Å²) in [6.45, 7) is -0.0590. The molecule has 0 radical (unpaired) electrons. The molecule has 1 saturated heterocycles. The van der Waals surface area contributed by atoms with Gasteiger partial charge in [0, 0.05) is 6.07 Å². The first-order valence-electron chi connectivity index (χ1n) is 8.68. The van der Waals surface area contributed by atoms with Gasteiger partial charge in [-0.1, -0.05) is 18.0 Å². The van der Waals surface area contributed by atoms with Crippen LogP contribution in [0.1, 0.15) is 29.8 Å². The molecule has 4 amide bonds. The van der Waals surface area contributed by atoms with E-state index in [1.54, 1.807) is 0 Å². The molecule has 11 heteroatoms. The summed E-state index contributed by atoms with van der Waals surface area (Å²) in [6.07, 6.45) is 3.78. The standard InChI is InChI=1S/C17H16ClFN6O3/c18-11-5-4-10(6-12(11)19)25-21-7-13(24-25)14(26)20-8-17(9-2-1-3-9)15(27)22-16(28)23-17/h4-7,9H,1-3,8H2,(H,20,26)(H2,22,23,27,28). The van der Waals surface area contributed by atoms with E-state index in [1.165, 1.54) is 18.3 Å². The molecular weight excluding hydrogens is 391 g/mol. The molecule has 2 aliphatic rings. The van der Waals surface area contributed by atoms with E-state index >= 15 is 0 Å². The quantitative estimate of drug-likeness (QED) is 0.644. The number of nitrogens with one attached hydrogen (secondary N) is 3. The van der Waals surface area contributed by atoms with Crippen molar-refractivity contribution in [2.45, 2.75) is 24.8 Å². The molecular formula is C17H16ClFN6O3. The number of urea groups is 1. The second-order valence-corrected chi connectivity index (χ2v) is 7.21. The van der Waals surface area contributed by atoms with Crippen molar-refractivity contribution in [3.05, 3.63) is 40.9 Å². The lowest BCUT2D eigenvalue weighted by Crippen LogP contribution is -2.61. The Morgan fingerprint density at radius 2 is 2.18 bits per heavy atom. The van der Waals surface area contributed by atoms with Crippen LogP contribution < -0.4 is 16.0 Å². The Labute approximate surface area is 163 Å². The summed E-state index contributed by atoms with van der Waals surface area (Å²) < 4.78 is 13.6. The molecule has 1 aliphatic heterocycles. The van der Waals surface area contributed by atoms with E-state index in [0.29, 0.717) is 5.69 Å². The van der Waals surface area contributed by atoms with E-state index in [2.05, 4.69) is 26.1 Å². The first kappa shape index (κ1) is 18.4. The largest absolute Gasteiger partial charge is 0.348 e. The highest BCUT2D eigenvalue weighted by molar-refractivity contribution is 6.30. The fourth-order valence-corrected chi connectivity index (χ4v) is 3.49. The van der Waals surface area contributed by atoms with Crippen LogP contribution in [0.5, 0.6) is 0 Å². The Morgan fingerprint density at radius 3 is 2.79 bits per heavy atom. The normalized spacial score (nSPS) is 21.8. The zero-order valence-corrected chi connectivity index (χ0v) is 15.3. The van der Waals surface area contributed by atoms with Gasteiger partial charge in [-0.15, -0.1) is 5.10 Å². The van der Waals surface area contributed by atoms with Gasteiger partial charge in [0.25, 0.3) is 11.8 Å². The van der Waals surface area contributed by atoms with E-state index in [-0.39, 0.29) is 23.2 Å². The summed E-state index contributed by atoms with van der Waals surface area (Å²) in [4.78, 5) is 37.5. The Bertz CT molecular complexity index is 976. The fourth-order valence-electron chi connectivity index (χ4n) is 3.37. The lowest BCUT2D eigenvalue weighted by Gasteiger charge is -2.40. The summed E-state index contributed by atoms with van der Waals surface area (Å²) >= 11 is 5.65. The first-order chi connectivity index (χ1) is 13.4. The molecule has 146 valence electrons. The van der Waals surface area contributed by atoms with E-state index in [1.807, 2.05) is 0 Å². The zero-order chi connectivity index (χ0) is 19.9. The smallest absolute Gasteiger partial charge is 0.322 e. The van der Waals surface area contributed by atoms with Gasteiger partial charge in [0.1, 0.15) is 11.4 Å². The van der Waals surface area contributed by atoms with Gasteiger partial charge >= 0.3 is 6.03 Å². The van der Waals surface area contributed by atoms with Crippen LogP contribution in [-0.4, -0.2) is 44.9 Å². The van der Waals surface area contributed by atoms with Gasteiger partial charge in [-0.2, -0.15) is 9.90 Å². The van der Waals surface area contributed by atoms with Crippen molar-refractivity contribution in [2.75, 3.05) is 6.54 Å². The second kappa shape index (κ2) is 6.86. The molecule has 3 N–H and O–H groups in total.